The maximum absolute atomic E-state index is 11.8. The van der Waals surface area contributed by atoms with Gasteiger partial charge in [0.1, 0.15) is 0 Å². The second-order valence-electron chi connectivity index (χ2n) is 4.75. The molecule has 0 aliphatic carbocycles. The summed E-state index contributed by atoms with van der Waals surface area (Å²) < 4.78 is 0. The van der Waals surface area contributed by atoms with Crippen molar-refractivity contribution < 1.29 is 14.7 Å². The lowest BCUT2D eigenvalue weighted by molar-refractivity contribution is -0.116. The van der Waals surface area contributed by atoms with Crippen molar-refractivity contribution in [2.75, 3.05) is 16.8 Å². The molecule has 1 saturated heterocycles. The predicted molar refractivity (Wildman–Crippen MR) is 67.0 cm³/mol. The lowest BCUT2D eigenvalue weighted by Crippen LogP contribution is -2.29. The molecule has 5 nitrogen and oxygen atoms in total. The van der Waals surface area contributed by atoms with Gasteiger partial charge in [0.2, 0.25) is 5.91 Å². The standard InChI is InChI=1S/C13H14N2O3/c16-11-7-8-3-2-6-15(8)10-5-1-4-9(13(17)18)12(10)14-11/h1,4-5,8H,2-3,6-7H2,(H,14,16)(H,17,18). The molecule has 1 atom stereocenters. The normalized spacial score (nSPS) is 21.9. The van der Waals surface area contributed by atoms with Crippen molar-refractivity contribution in [3.05, 3.63) is 23.8 Å². The second kappa shape index (κ2) is 4.01. The van der Waals surface area contributed by atoms with Crippen molar-refractivity contribution in [3.63, 3.8) is 0 Å². The largest absolute Gasteiger partial charge is 0.478 e. The summed E-state index contributed by atoms with van der Waals surface area (Å²) in [6.45, 7) is 0.885. The summed E-state index contributed by atoms with van der Waals surface area (Å²) in [4.78, 5) is 25.2. The predicted octanol–water partition coefficient (Wildman–Crippen LogP) is 1.70. The van der Waals surface area contributed by atoms with Gasteiger partial charge < -0.3 is 15.3 Å². The van der Waals surface area contributed by atoms with Gasteiger partial charge in [0.25, 0.3) is 0 Å². The van der Waals surface area contributed by atoms with E-state index >= 15 is 0 Å². The monoisotopic (exact) mass is 246 g/mol. The van der Waals surface area contributed by atoms with Crippen LogP contribution in [-0.4, -0.2) is 29.6 Å². The molecular weight excluding hydrogens is 232 g/mol. The quantitative estimate of drug-likeness (QED) is 0.791. The Labute approximate surface area is 104 Å². The smallest absolute Gasteiger partial charge is 0.337 e. The highest BCUT2D eigenvalue weighted by atomic mass is 16.4. The average molecular weight is 246 g/mol. The van der Waals surface area contributed by atoms with Gasteiger partial charge in [-0.15, -0.1) is 0 Å². The molecule has 0 saturated carbocycles. The number of anilines is 2. The van der Waals surface area contributed by atoms with Crippen LogP contribution in [-0.2, 0) is 4.79 Å². The van der Waals surface area contributed by atoms with Crippen molar-refractivity contribution >= 4 is 23.3 Å². The number of rotatable bonds is 1. The fourth-order valence-corrected chi connectivity index (χ4v) is 2.86. The molecule has 1 fully saturated rings. The van der Waals surface area contributed by atoms with Crippen LogP contribution in [0.4, 0.5) is 11.4 Å². The van der Waals surface area contributed by atoms with Crippen molar-refractivity contribution in [1.29, 1.82) is 0 Å². The van der Waals surface area contributed by atoms with E-state index in [0.29, 0.717) is 12.1 Å². The molecule has 1 unspecified atom stereocenters. The third-order valence-corrected chi connectivity index (χ3v) is 3.64. The molecule has 2 aliphatic rings. The van der Waals surface area contributed by atoms with E-state index in [0.717, 1.165) is 25.1 Å². The van der Waals surface area contributed by atoms with Gasteiger partial charge in [-0.1, -0.05) is 6.07 Å². The van der Waals surface area contributed by atoms with E-state index in [1.807, 2.05) is 6.07 Å². The van der Waals surface area contributed by atoms with Crippen molar-refractivity contribution in [1.82, 2.24) is 0 Å². The first kappa shape index (κ1) is 11.1. The summed E-state index contributed by atoms with van der Waals surface area (Å²) >= 11 is 0. The van der Waals surface area contributed by atoms with E-state index in [4.69, 9.17) is 0 Å². The Kier molecular flexibility index (Phi) is 2.47. The number of carbonyl (C=O) groups is 2. The van der Waals surface area contributed by atoms with Crippen molar-refractivity contribution in [2.24, 2.45) is 0 Å². The number of benzene rings is 1. The lowest BCUT2D eigenvalue weighted by atomic mass is 10.1. The molecule has 2 aliphatic heterocycles. The molecule has 0 bridgehead atoms. The Bertz CT molecular complexity index is 527. The molecule has 1 aromatic rings. The fourth-order valence-electron chi connectivity index (χ4n) is 2.86. The molecular formula is C13H14N2O3. The third-order valence-electron chi connectivity index (χ3n) is 3.64. The number of carboxylic acid groups (broad SMARTS) is 1. The van der Waals surface area contributed by atoms with Crippen LogP contribution in [0.5, 0.6) is 0 Å². The molecule has 94 valence electrons. The summed E-state index contributed by atoms with van der Waals surface area (Å²) in [6, 6.07) is 5.34. The number of nitrogens with one attached hydrogen (secondary N) is 1. The summed E-state index contributed by atoms with van der Waals surface area (Å²) in [5.74, 6) is -1.11. The van der Waals surface area contributed by atoms with Gasteiger partial charge in [-0.05, 0) is 25.0 Å². The van der Waals surface area contributed by atoms with Gasteiger partial charge in [0.05, 0.1) is 16.9 Å². The number of carboxylic acids is 1. The van der Waals surface area contributed by atoms with Crippen LogP contribution in [0.25, 0.3) is 0 Å². The van der Waals surface area contributed by atoms with E-state index < -0.39 is 5.97 Å². The SMILES string of the molecule is O=C1CC2CCCN2c2cccc(C(=O)O)c2N1. The van der Waals surface area contributed by atoms with Crippen LogP contribution in [0.2, 0.25) is 0 Å². The van der Waals surface area contributed by atoms with Crippen molar-refractivity contribution in [2.45, 2.75) is 25.3 Å². The molecule has 1 amide bonds. The first-order chi connectivity index (χ1) is 8.66. The molecule has 0 spiro atoms. The Morgan fingerprint density at radius 2 is 2.28 bits per heavy atom. The topological polar surface area (TPSA) is 69.6 Å². The maximum atomic E-state index is 11.8. The molecule has 2 N–H and O–H groups in total. The molecule has 2 heterocycles. The van der Waals surface area contributed by atoms with Gasteiger partial charge >= 0.3 is 5.97 Å². The zero-order valence-corrected chi connectivity index (χ0v) is 9.85. The third kappa shape index (κ3) is 1.63. The number of aromatic carboxylic acids is 1. The van der Waals surface area contributed by atoms with Crippen LogP contribution in [0.1, 0.15) is 29.6 Å². The van der Waals surface area contributed by atoms with Gasteiger partial charge in [0.15, 0.2) is 0 Å². The molecule has 3 rings (SSSR count). The van der Waals surface area contributed by atoms with Crippen LogP contribution in [0.3, 0.4) is 0 Å². The van der Waals surface area contributed by atoms with Crippen LogP contribution >= 0.6 is 0 Å². The molecule has 0 radical (unpaired) electrons. The molecule has 5 heteroatoms. The number of fused-ring (bicyclic) bond motifs is 3. The number of hydrogen-bond donors (Lipinski definition) is 2. The van der Waals surface area contributed by atoms with Crippen molar-refractivity contribution in [3.8, 4) is 0 Å². The van der Waals surface area contributed by atoms with E-state index in [9.17, 15) is 14.7 Å². The van der Waals surface area contributed by atoms with E-state index in [-0.39, 0.29) is 17.5 Å². The van der Waals surface area contributed by atoms with Crippen LogP contribution in [0.15, 0.2) is 18.2 Å². The summed E-state index contributed by atoms with van der Waals surface area (Å²) in [5.41, 5.74) is 1.44. The first-order valence-corrected chi connectivity index (χ1v) is 6.09. The van der Waals surface area contributed by atoms with E-state index in [1.54, 1.807) is 6.07 Å². The summed E-state index contributed by atoms with van der Waals surface area (Å²) in [6.07, 6.45) is 2.48. The van der Waals surface area contributed by atoms with Gasteiger partial charge in [0, 0.05) is 19.0 Å². The number of para-hydroxylation sites is 1. The Balaban J connectivity index is 2.16. The second-order valence-corrected chi connectivity index (χ2v) is 4.75. The van der Waals surface area contributed by atoms with Crippen LogP contribution < -0.4 is 10.2 Å². The molecule has 1 aromatic carbocycles. The average Bonchev–Trinajstić information content (AvgIpc) is 2.72. The Morgan fingerprint density at radius 1 is 1.44 bits per heavy atom. The minimum absolute atomic E-state index is 0.0978. The van der Waals surface area contributed by atoms with Crippen LogP contribution in [0, 0.1) is 0 Å². The molecule has 0 aromatic heterocycles. The molecule has 18 heavy (non-hydrogen) atoms. The Morgan fingerprint density at radius 3 is 3.06 bits per heavy atom. The highest BCUT2D eigenvalue weighted by Gasteiger charge is 2.33. The highest BCUT2D eigenvalue weighted by molar-refractivity contribution is 6.05. The lowest BCUT2D eigenvalue weighted by Gasteiger charge is -2.25. The number of amides is 1. The number of carbonyl (C=O) groups excluding carboxylic acids is 1. The van der Waals surface area contributed by atoms with Gasteiger partial charge in [-0.3, -0.25) is 4.79 Å². The maximum Gasteiger partial charge on any atom is 0.337 e. The fraction of sp³-hybridized carbons (Fsp3) is 0.385. The Hall–Kier alpha value is -2.04. The summed E-state index contributed by atoms with van der Waals surface area (Å²) in [5, 5.41) is 11.9. The van der Waals surface area contributed by atoms with E-state index in [1.165, 1.54) is 6.07 Å². The zero-order valence-electron chi connectivity index (χ0n) is 9.85. The minimum Gasteiger partial charge on any atom is -0.478 e. The van der Waals surface area contributed by atoms with E-state index in [2.05, 4.69) is 10.2 Å². The number of hydrogen-bond acceptors (Lipinski definition) is 3. The first-order valence-electron chi connectivity index (χ1n) is 6.09. The minimum atomic E-state index is -1.01. The zero-order chi connectivity index (χ0) is 12.7. The van der Waals surface area contributed by atoms with Gasteiger partial charge in [-0.25, -0.2) is 4.79 Å². The number of nitrogens with zero attached hydrogens (tertiary/aromatic N) is 1. The highest BCUT2D eigenvalue weighted by Crippen LogP contribution is 2.37. The summed E-state index contributed by atoms with van der Waals surface area (Å²) in [7, 11) is 0. The van der Waals surface area contributed by atoms with Gasteiger partial charge in [-0.2, -0.15) is 0 Å².